The van der Waals surface area contributed by atoms with Crippen molar-refractivity contribution >= 4 is 27.8 Å². The van der Waals surface area contributed by atoms with Crippen LogP contribution in [-0.4, -0.2) is 0 Å². The lowest BCUT2D eigenvalue weighted by molar-refractivity contribution is 0.660. The molecule has 0 N–H and O–H groups in total. The van der Waals surface area contributed by atoms with E-state index in [2.05, 4.69) is 233 Å². The molecule has 1 nitrogen and oxygen atoms in total. The van der Waals surface area contributed by atoms with E-state index in [4.69, 9.17) is 0 Å². The highest BCUT2D eigenvalue weighted by Gasteiger charge is 2.38. The molecule has 59 heavy (non-hydrogen) atoms. The maximum atomic E-state index is 2.51. The van der Waals surface area contributed by atoms with Gasteiger partial charge in [-0.1, -0.05) is 198 Å². The van der Waals surface area contributed by atoms with Crippen LogP contribution in [0.2, 0.25) is 0 Å². The third-order valence-corrected chi connectivity index (χ3v) is 13.3. The van der Waals surface area contributed by atoms with Crippen molar-refractivity contribution in [3.63, 3.8) is 0 Å². The molecule has 2 aliphatic carbocycles. The lowest BCUT2D eigenvalue weighted by Gasteiger charge is -2.32. The number of hydrogen-bond donors (Lipinski definition) is 0. The first-order valence-corrected chi connectivity index (χ1v) is 20.9. The molecular formula is C58H45N. The summed E-state index contributed by atoms with van der Waals surface area (Å²) in [4.78, 5) is 2.51. The van der Waals surface area contributed by atoms with E-state index in [9.17, 15) is 0 Å². The summed E-state index contributed by atoms with van der Waals surface area (Å²) in [5, 5.41) is 2.49. The van der Waals surface area contributed by atoms with Crippen molar-refractivity contribution in [3.8, 4) is 55.6 Å². The van der Waals surface area contributed by atoms with Gasteiger partial charge in [0.15, 0.2) is 0 Å². The van der Waals surface area contributed by atoms with Crippen molar-refractivity contribution < 1.29 is 0 Å². The Balaban J connectivity index is 1.15. The van der Waals surface area contributed by atoms with Crippen LogP contribution in [0, 0.1) is 0 Å². The van der Waals surface area contributed by atoms with Crippen molar-refractivity contribution in [2.24, 2.45) is 0 Å². The summed E-state index contributed by atoms with van der Waals surface area (Å²) in [7, 11) is 0. The maximum absolute atomic E-state index is 2.51. The Kier molecular flexibility index (Phi) is 7.94. The summed E-state index contributed by atoms with van der Waals surface area (Å²) >= 11 is 0. The molecular weight excluding hydrogens is 711 g/mol. The summed E-state index contributed by atoms with van der Waals surface area (Å²) in [6, 6.07) is 74.4. The quantitative estimate of drug-likeness (QED) is 0.163. The monoisotopic (exact) mass is 755 g/mol. The number of fused-ring (bicyclic) bond motifs is 7. The van der Waals surface area contributed by atoms with Gasteiger partial charge < -0.3 is 4.90 Å². The summed E-state index contributed by atoms with van der Waals surface area (Å²) in [5.74, 6) is 0. The highest BCUT2D eigenvalue weighted by Crippen LogP contribution is 2.55. The third-order valence-electron chi connectivity index (χ3n) is 13.3. The second-order valence-corrected chi connectivity index (χ2v) is 17.3. The molecule has 0 bridgehead atoms. The SMILES string of the molecule is CC1(C)c2ccccc2-c2ccc(-c3ccccc3N(c3cccc(-c4cccc5ccccc45)c3)c3ccccc3-c3cccc4c3C(C)(C)c3ccccc3-4)cc21. The van der Waals surface area contributed by atoms with Crippen LogP contribution in [0.5, 0.6) is 0 Å². The molecule has 0 radical (unpaired) electrons. The van der Waals surface area contributed by atoms with Gasteiger partial charge in [-0.15, -0.1) is 0 Å². The molecule has 0 aromatic heterocycles. The van der Waals surface area contributed by atoms with Gasteiger partial charge in [-0.05, 0) is 108 Å². The minimum Gasteiger partial charge on any atom is -0.309 e. The fourth-order valence-electron chi connectivity index (χ4n) is 10.5. The van der Waals surface area contributed by atoms with Gasteiger partial charge in [0.05, 0.1) is 11.4 Å². The highest BCUT2D eigenvalue weighted by molar-refractivity contribution is 6.00. The van der Waals surface area contributed by atoms with E-state index in [1.165, 1.54) is 88.7 Å². The van der Waals surface area contributed by atoms with E-state index in [-0.39, 0.29) is 10.8 Å². The Morgan fingerprint density at radius 2 is 0.814 bits per heavy atom. The fourth-order valence-corrected chi connectivity index (χ4v) is 10.5. The van der Waals surface area contributed by atoms with Gasteiger partial charge in [0.2, 0.25) is 0 Å². The standard InChI is InChI=1S/C58H45N/c1-57(2)51-30-11-7-24-45(51)47-35-34-40(37-53(47)57)44-23-9-13-32-54(44)59(41-21-15-20-39(36-41)43-27-16-19-38-18-5-6-22-42(38)43)55-33-14-10-26-48(55)50-29-17-28-49-46-25-8-12-31-52(46)58(3,4)56(49)50/h5-37H,1-4H3. The molecule has 0 amide bonds. The summed E-state index contributed by atoms with van der Waals surface area (Å²) in [6.45, 7) is 9.51. The van der Waals surface area contributed by atoms with E-state index in [0.29, 0.717) is 0 Å². The highest BCUT2D eigenvalue weighted by atomic mass is 15.1. The Hall–Kier alpha value is -6.96. The molecule has 11 rings (SSSR count). The Labute approximate surface area is 347 Å². The second-order valence-electron chi connectivity index (χ2n) is 17.3. The second kappa shape index (κ2) is 13.3. The molecule has 0 aliphatic heterocycles. The van der Waals surface area contributed by atoms with Crippen LogP contribution in [0.15, 0.2) is 200 Å². The molecule has 0 saturated carbocycles. The molecule has 0 fully saturated rings. The minimum absolute atomic E-state index is 0.103. The van der Waals surface area contributed by atoms with Gasteiger partial charge in [0, 0.05) is 27.6 Å². The van der Waals surface area contributed by atoms with E-state index in [1.807, 2.05) is 0 Å². The van der Waals surface area contributed by atoms with Gasteiger partial charge in [-0.3, -0.25) is 0 Å². The number of anilines is 3. The van der Waals surface area contributed by atoms with Crippen molar-refractivity contribution in [1.82, 2.24) is 0 Å². The first kappa shape index (κ1) is 35.2. The van der Waals surface area contributed by atoms with E-state index in [0.717, 1.165) is 17.1 Å². The Morgan fingerprint density at radius 1 is 0.322 bits per heavy atom. The number of para-hydroxylation sites is 2. The largest absolute Gasteiger partial charge is 0.309 e. The minimum atomic E-state index is -0.165. The first-order chi connectivity index (χ1) is 28.8. The number of rotatable bonds is 6. The van der Waals surface area contributed by atoms with E-state index < -0.39 is 0 Å². The van der Waals surface area contributed by atoms with E-state index >= 15 is 0 Å². The molecule has 0 atom stereocenters. The van der Waals surface area contributed by atoms with Crippen molar-refractivity contribution in [1.29, 1.82) is 0 Å². The van der Waals surface area contributed by atoms with Crippen LogP contribution in [0.25, 0.3) is 66.4 Å². The smallest absolute Gasteiger partial charge is 0.0540 e. The molecule has 282 valence electrons. The van der Waals surface area contributed by atoms with Crippen molar-refractivity contribution in [2.75, 3.05) is 4.90 Å². The van der Waals surface area contributed by atoms with Gasteiger partial charge in [0.1, 0.15) is 0 Å². The number of benzene rings is 9. The van der Waals surface area contributed by atoms with Crippen LogP contribution < -0.4 is 4.90 Å². The molecule has 2 aliphatic rings. The topological polar surface area (TPSA) is 3.24 Å². The predicted molar refractivity (Wildman–Crippen MR) is 250 cm³/mol. The molecule has 0 saturated heterocycles. The lowest BCUT2D eigenvalue weighted by Crippen LogP contribution is -2.17. The molecule has 0 unspecified atom stereocenters. The third kappa shape index (κ3) is 5.38. The van der Waals surface area contributed by atoms with Gasteiger partial charge in [-0.25, -0.2) is 0 Å². The molecule has 0 spiro atoms. The Bertz CT molecular complexity index is 3120. The molecule has 9 aromatic carbocycles. The number of nitrogens with zero attached hydrogens (tertiary/aromatic N) is 1. The zero-order chi connectivity index (χ0) is 39.9. The molecule has 9 aromatic rings. The summed E-state index contributed by atoms with van der Waals surface area (Å²) < 4.78 is 0. The fraction of sp³-hybridized carbons (Fsp3) is 0.103. The van der Waals surface area contributed by atoms with Crippen molar-refractivity contribution in [2.45, 2.75) is 38.5 Å². The van der Waals surface area contributed by atoms with Crippen molar-refractivity contribution in [3.05, 3.63) is 222 Å². The van der Waals surface area contributed by atoms with Gasteiger partial charge in [0.25, 0.3) is 0 Å². The van der Waals surface area contributed by atoms with Crippen LogP contribution in [0.4, 0.5) is 17.1 Å². The molecule has 1 heteroatoms. The Morgan fingerprint density at radius 3 is 1.59 bits per heavy atom. The number of hydrogen-bond acceptors (Lipinski definition) is 1. The lowest BCUT2D eigenvalue weighted by atomic mass is 9.78. The average molecular weight is 756 g/mol. The maximum Gasteiger partial charge on any atom is 0.0540 e. The van der Waals surface area contributed by atoms with Crippen LogP contribution in [0.3, 0.4) is 0 Å². The summed E-state index contributed by atoms with van der Waals surface area (Å²) in [5.41, 5.74) is 21.3. The van der Waals surface area contributed by atoms with Gasteiger partial charge in [-0.2, -0.15) is 0 Å². The van der Waals surface area contributed by atoms with Crippen LogP contribution >= 0.6 is 0 Å². The summed E-state index contributed by atoms with van der Waals surface area (Å²) in [6.07, 6.45) is 0. The first-order valence-electron chi connectivity index (χ1n) is 20.9. The normalized spacial score (nSPS) is 14.0. The predicted octanol–water partition coefficient (Wildman–Crippen LogP) is 15.9. The zero-order valence-electron chi connectivity index (χ0n) is 34.0. The average Bonchev–Trinajstić information content (AvgIpc) is 3.66. The van der Waals surface area contributed by atoms with Crippen LogP contribution in [-0.2, 0) is 10.8 Å². The van der Waals surface area contributed by atoms with E-state index in [1.54, 1.807) is 0 Å². The van der Waals surface area contributed by atoms with Gasteiger partial charge >= 0.3 is 0 Å². The van der Waals surface area contributed by atoms with Crippen LogP contribution in [0.1, 0.15) is 49.9 Å². The molecule has 0 heterocycles. The zero-order valence-corrected chi connectivity index (χ0v) is 34.0.